The lowest BCUT2D eigenvalue weighted by Crippen LogP contribution is -2.47. The Kier molecular flexibility index (Phi) is 7.23. The molecule has 1 saturated heterocycles. The van der Waals surface area contributed by atoms with E-state index in [1.165, 1.54) is 25.6 Å². The van der Waals surface area contributed by atoms with Crippen LogP contribution in [0.3, 0.4) is 0 Å². The molecule has 30 heavy (non-hydrogen) atoms. The Hall–Kier alpha value is -3.14. The minimum atomic E-state index is -0.389. The number of anilines is 1. The molecule has 10 heteroatoms. The van der Waals surface area contributed by atoms with E-state index in [4.69, 9.17) is 9.47 Å². The van der Waals surface area contributed by atoms with Gasteiger partial charge < -0.3 is 25.0 Å². The Balaban J connectivity index is 1.52. The molecule has 1 aliphatic heterocycles. The van der Waals surface area contributed by atoms with Gasteiger partial charge in [0.2, 0.25) is 11.8 Å². The lowest BCUT2D eigenvalue weighted by molar-refractivity contribution is -0.133. The highest BCUT2D eigenvalue weighted by atomic mass is 32.1. The monoisotopic (exact) mass is 432 g/mol. The second-order valence-corrected chi connectivity index (χ2v) is 7.65. The van der Waals surface area contributed by atoms with Gasteiger partial charge >= 0.3 is 0 Å². The summed E-state index contributed by atoms with van der Waals surface area (Å²) in [4.78, 5) is 43.1. The molecular weight excluding hydrogens is 408 g/mol. The van der Waals surface area contributed by atoms with Gasteiger partial charge in [0, 0.05) is 30.2 Å². The molecule has 3 amide bonds. The van der Waals surface area contributed by atoms with Crippen molar-refractivity contribution in [3.8, 4) is 11.5 Å². The van der Waals surface area contributed by atoms with Crippen LogP contribution in [0.4, 0.5) is 5.13 Å². The molecule has 1 unspecified atom stereocenters. The van der Waals surface area contributed by atoms with Gasteiger partial charge in [-0.3, -0.25) is 14.4 Å². The molecule has 9 nitrogen and oxygen atoms in total. The fraction of sp³-hybridized carbons (Fsp3) is 0.400. The molecule has 1 fully saturated rings. The third kappa shape index (κ3) is 5.26. The number of amides is 3. The van der Waals surface area contributed by atoms with E-state index in [-0.39, 0.29) is 30.2 Å². The average Bonchev–Trinajstić information content (AvgIpc) is 3.29. The van der Waals surface area contributed by atoms with E-state index >= 15 is 0 Å². The second kappa shape index (κ2) is 10.1. The van der Waals surface area contributed by atoms with Crippen molar-refractivity contribution in [2.24, 2.45) is 5.92 Å². The van der Waals surface area contributed by atoms with Gasteiger partial charge in [-0.15, -0.1) is 11.3 Å². The molecule has 1 aromatic carbocycles. The first-order chi connectivity index (χ1) is 14.5. The number of nitrogens with one attached hydrogen (secondary N) is 2. The molecule has 2 aromatic rings. The average molecular weight is 433 g/mol. The SMILES string of the molecule is COc1ccc(C(=O)NCC(=O)N2CCCC(C(=O)Nc3nccs3)C2)cc1OC. The Morgan fingerprint density at radius 1 is 1.23 bits per heavy atom. The number of hydrogen-bond acceptors (Lipinski definition) is 7. The van der Waals surface area contributed by atoms with Crippen LogP contribution in [0.15, 0.2) is 29.8 Å². The Morgan fingerprint density at radius 3 is 2.73 bits per heavy atom. The first-order valence-corrected chi connectivity index (χ1v) is 10.4. The van der Waals surface area contributed by atoms with Crippen molar-refractivity contribution in [2.75, 3.05) is 39.2 Å². The van der Waals surface area contributed by atoms with Crippen LogP contribution in [0, 0.1) is 5.92 Å². The molecule has 2 heterocycles. The van der Waals surface area contributed by atoms with Crippen LogP contribution < -0.4 is 20.1 Å². The van der Waals surface area contributed by atoms with Crippen LogP contribution >= 0.6 is 11.3 Å². The molecule has 1 atom stereocenters. The molecule has 0 saturated carbocycles. The van der Waals surface area contributed by atoms with Crippen molar-refractivity contribution < 1.29 is 23.9 Å². The largest absolute Gasteiger partial charge is 0.493 e. The molecular formula is C20H24N4O5S. The molecule has 3 rings (SSSR count). The Morgan fingerprint density at radius 2 is 2.03 bits per heavy atom. The van der Waals surface area contributed by atoms with E-state index < -0.39 is 0 Å². The zero-order valence-electron chi connectivity index (χ0n) is 16.8. The minimum Gasteiger partial charge on any atom is -0.493 e. The zero-order chi connectivity index (χ0) is 21.5. The lowest BCUT2D eigenvalue weighted by Gasteiger charge is -2.32. The van der Waals surface area contributed by atoms with Crippen molar-refractivity contribution in [3.05, 3.63) is 35.3 Å². The zero-order valence-corrected chi connectivity index (χ0v) is 17.7. The summed E-state index contributed by atoms with van der Waals surface area (Å²) in [7, 11) is 3.00. The highest BCUT2D eigenvalue weighted by Crippen LogP contribution is 2.27. The van der Waals surface area contributed by atoms with Gasteiger partial charge in [-0.2, -0.15) is 0 Å². The number of benzene rings is 1. The van der Waals surface area contributed by atoms with E-state index in [1.54, 1.807) is 34.7 Å². The summed E-state index contributed by atoms with van der Waals surface area (Å²) in [6, 6.07) is 4.78. The fourth-order valence-electron chi connectivity index (χ4n) is 3.26. The molecule has 0 bridgehead atoms. The van der Waals surface area contributed by atoms with Gasteiger partial charge in [0.05, 0.1) is 26.7 Å². The van der Waals surface area contributed by atoms with Crippen molar-refractivity contribution in [1.82, 2.24) is 15.2 Å². The first kappa shape index (κ1) is 21.6. The second-order valence-electron chi connectivity index (χ2n) is 6.76. The quantitative estimate of drug-likeness (QED) is 0.690. The van der Waals surface area contributed by atoms with Crippen LogP contribution in [0.5, 0.6) is 11.5 Å². The third-order valence-electron chi connectivity index (χ3n) is 4.85. The maximum Gasteiger partial charge on any atom is 0.251 e. The van der Waals surface area contributed by atoms with Gasteiger partial charge in [-0.25, -0.2) is 4.98 Å². The predicted octanol–water partition coefficient (Wildman–Crippen LogP) is 1.77. The van der Waals surface area contributed by atoms with Crippen LogP contribution in [0.2, 0.25) is 0 Å². The summed E-state index contributed by atoms with van der Waals surface area (Å²) in [5, 5.41) is 7.74. The van der Waals surface area contributed by atoms with Gasteiger partial charge in [0.1, 0.15) is 0 Å². The number of thiazole rings is 1. The Bertz CT molecular complexity index is 903. The van der Waals surface area contributed by atoms with E-state index in [0.717, 1.165) is 6.42 Å². The molecule has 0 radical (unpaired) electrons. The number of rotatable bonds is 7. The highest BCUT2D eigenvalue weighted by molar-refractivity contribution is 7.13. The van der Waals surface area contributed by atoms with E-state index in [0.29, 0.717) is 41.7 Å². The molecule has 1 aromatic heterocycles. The summed E-state index contributed by atoms with van der Waals surface area (Å²) in [5.41, 5.74) is 0.361. The van der Waals surface area contributed by atoms with Crippen molar-refractivity contribution in [3.63, 3.8) is 0 Å². The number of aromatic nitrogens is 1. The van der Waals surface area contributed by atoms with Gasteiger partial charge in [0.15, 0.2) is 16.6 Å². The topological polar surface area (TPSA) is 110 Å². The summed E-state index contributed by atoms with van der Waals surface area (Å²) in [6.07, 6.45) is 3.06. The van der Waals surface area contributed by atoms with E-state index in [1.807, 2.05) is 0 Å². The smallest absolute Gasteiger partial charge is 0.251 e. The molecule has 2 N–H and O–H groups in total. The highest BCUT2D eigenvalue weighted by Gasteiger charge is 2.29. The van der Waals surface area contributed by atoms with Crippen molar-refractivity contribution in [1.29, 1.82) is 0 Å². The number of hydrogen-bond donors (Lipinski definition) is 2. The van der Waals surface area contributed by atoms with Crippen LogP contribution in [-0.4, -0.2) is 61.5 Å². The number of methoxy groups -OCH3 is 2. The van der Waals surface area contributed by atoms with Gasteiger partial charge in [-0.1, -0.05) is 0 Å². The van der Waals surface area contributed by atoms with Crippen LogP contribution in [0.25, 0.3) is 0 Å². The molecule has 0 aliphatic carbocycles. The molecule has 1 aliphatic rings. The molecule has 160 valence electrons. The molecule has 0 spiro atoms. The van der Waals surface area contributed by atoms with Crippen LogP contribution in [0.1, 0.15) is 23.2 Å². The van der Waals surface area contributed by atoms with Gasteiger partial charge in [0.25, 0.3) is 5.91 Å². The Labute approximate surface area is 178 Å². The number of carbonyl (C=O) groups is 3. The number of carbonyl (C=O) groups excluding carboxylic acids is 3. The van der Waals surface area contributed by atoms with E-state index in [2.05, 4.69) is 15.6 Å². The standard InChI is InChI=1S/C20H24N4O5S/c1-28-15-6-5-13(10-16(15)29-2)18(26)22-11-17(25)24-8-3-4-14(12-24)19(27)23-20-21-7-9-30-20/h5-7,9-10,14H,3-4,8,11-12H2,1-2H3,(H,22,26)(H,21,23,27). The maximum atomic E-state index is 12.6. The van der Waals surface area contributed by atoms with Crippen LogP contribution in [-0.2, 0) is 9.59 Å². The minimum absolute atomic E-state index is 0.142. The summed E-state index contributed by atoms with van der Waals surface area (Å²) in [6.45, 7) is 0.738. The van der Waals surface area contributed by atoms with Crippen molar-refractivity contribution >= 4 is 34.2 Å². The number of ether oxygens (including phenoxy) is 2. The van der Waals surface area contributed by atoms with Crippen molar-refractivity contribution in [2.45, 2.75) is 12.8 Å². The fourth-order valence-corrected chi connectivity index (χ4v) is 3.79. The number of piperidine rings is 1. The summed E-state index contributed by atoms with van der Waals surface area (Å²) >= 11 is 1.35. The first-order valence-electron chi connectivity index (χ1n) is 9.50. The van der Waals surface area contributed by atoms with E-state index in [9.17, 15) is 14.4 Å². The summed E-state index contributed by atoms with van der Waals surface area (Å²) < 4.78 is 10.4. The normalized spacial score (nSPS) is 15.9. The summed E-state index contributed by atoms with van der Waals surface area (Å²) in [5.74, 6) is -0.109. The predicted molar refractivity (Wildman–Crippen MR) is 112 cm³/mol. The maximum absolute atomic E-state index is 12.6. The number of likely N-dealkylation sites (tertiary alicyclic amines) is 1. The third-order valence-corrected chi connectivity index (χ3v) is 5.54. The van der Waals surface area contributed by atoms with Gasteiger partial charge in [-0.05, 0) is 31.0 Å². The lowest BCUT2D eigenvalue weighted by atomic mass is 9.97. The number of nitrogens with zero attached hydrogens (tertiary/aromatic N) is 2.